The number of nitrogens with zero attached hydrogens (tertiary/aromatic N) is 2. The third kappa shape index (κ3) is 3.90. The fourth-order valence-corrected chi connectivity index (χ4v) is 4.77. The monoisotopic (exact) mass is 405 g/mol. The Hall–Kier alpha value is -1.85. The Bertz CT molecular complexity index is 864. The number of ketones is 1. The number of carbonyl (C=O) groups excluding carboxylic acids is 2. The zero-order valence-corrected chi connectivity index (χ0v) is 16.3. The molecule has 0 radical (unpaired) electrons. The summed E-state index contributed by atoms with van der Waals surface area (Å²) in [7, 11) is 0. The standard InChI is InChI=1S/C20H21Cl2N3O2/c21-16-5-4-14(17(22)10-16)11-25-18(6-7-23-25)24-20(27)15-8-12-2-1-3-13(9-15)19(12)26/h4-7,10,12-13,15H,1-3,8-9,11H2,(H,24,27)/t12-,13-/m0/s1. The van der Waals surface area contributed by atoms with Crippen molar-refractivity contribution < 1.29 is 9.59 Å². The Kier molecular flexibility index (Phi) is 5.24. The van der Waals surface area contributed by atoms with E-state index in [1.807, 2.05) is 6.07 Å². The van der Waals surface area contributed by atoms with Crippen LogP contribution in [-0.4, -0.2) is 21.5 Å². The highest BCUT2D eigenvalue weighted by Crippen LogP contribution is 2.40. The molecule has 1 N–H and O–H groups in total. The molecule has 2 aliphatic rings. The van der Waals surface area contributed by atoms with E-state index in [9.17, 15) is 9.59 Å². The molecule has 142 valence electrons. The molecule has 0 saturated heterocycles. The number of fused-ring (bicyclic) bond motifs is 2. The number of Topliss-reactive ketones (excluding diaryl/α,β-unsaturated/α-hetero) is 1. The average molecular weight is 406 g/mol. The van der Waals surface area contributed by atoms with Crippen LogP contribution in [0.3, 0.4) is 0 Å². The lowest BCUT2D eigenvalue weighted by Crippen LogP contribution is -2.40. The summed E-state index contributed by atoms with van der Waals surface area (Å²) in [6, 6.07) is 7.10. The first-order valence-corrected chi connectivity index (χ1v) is 10.1. The van der Waals surface area contributed by atoms with Gasteiger partial charge in [0, 0.05) is 33.9 Å². The van der Waals surface area contributed by atoms with Crippen LogP contribution in [0.15, 0.2) is 30.5 Å². The van der Waals surface area contributed by atoms with Crippen molar-refractivity contribution in [3.63, 3.8) is 0 Å². The van der Waals surface area contributed by atoms with Crippen LogP contribution in [-0.2, 0) is 16.1 Å². The molecule has 2 aliphatic carbocycles. The van der Waals surface area contributed by atoms with Crippen LogP contribution in [0.25, 0.3) is 0 Å². The molecule has 1 aromatic carbocycles. The summed E-state index contributed by atoms with van der Waals surface area (Å²) in [5, 5.41) is 8.44. The molecule has 2 aromatic rings. The number of hydrogen-bond donors (Lipinski definition) is 1. The highest BCUT2D eigenvalue weighted by Gasteiger charge is 2.41. The van der Waals surface area contributed by atoms with Crippen molar-refractivity contribution in [3.05, 3.63) is 46.1 Å². The van der Waals surface area contributed by atoms with Crippen molar-refractivity contribution in [2.75, 3.05) is 5.32 Å². The number of halogens is 2. The Morgan fingerprint density at radius 2 is 1.93 bits per heavy atom. The van der Waals surface area contributed by atoms with Crippen LogP contribution >= 0.6 is 23.2 Å². The van der Waals surface area contributed by atoms with E-state index in [0.717, 1.165) is 24.8 Å². The second-order valence-electron chi connectivity index (χ2n) is 7.49. The third-order valence-corrected chi connectivity index (χ3v) is 6.31. The van der Waals surface area contributed by atoms with Crippen LogP contribution in [0.5, 0.6) is 0 Å². The van der Waals surface area contributed by atoms with Gasteiger partial charge in [0.25, 0.3) is 0 Å². The zero-order chi connectivity index (χ0) is 19.0. The van der Waals surface area contributed by atoms with E-state index >= 15 is 0 Å². The second kappa shape index (κ2) is 7.64. The molecule has 4 rings (SSSR count). The second-order valence-corrected chi connectivity index (χ2v) is 8.34. The summed E-state index contributed by atoms with van der Waals surface area (Å²) in [4.78, 5) is 25.1. The van der Waals surface area contributed by atoms with Crippen LogP contribution in [0, 0.1) is 17.8 Å². The molecule has 7 heteroatoms. The van der Waals surface area contributed by atoms with Crippen molar-refractivity contribution >= 4 is 40.7 Å². The molecule has 5 nitrogen and oxygen atoms in total. The van der Waals surface area contributed by atoms with Gasteiger partial charge in [-0.25, -0.2) is 4.68 Å². The number of carbonyl (C=O) groups is 2. The molecule has 1 aromatic heterocycles. The quantitative estimate of drug-likeness (QED) is 0.809. The Labute approximate surface area is 168 Å². The summed E-state index contributed by atoms with van der Waals surface area (Å²) in [6.45, 7) is 0.438. The van der Waals surface area contributed by atoms with Crippen molar-refractivity contribution in [2.24, 2.45) is 17.8 Å². The van der Waals surface area contributed by atoms with Crippen molar-refractivity contribution in [2.45, 2.75) is 38.6 Å². The lowest BCUT2D eigenvalue weighted by atomic mass is 9.67. The largest absolute Gasteiger partial charge is 0.311 e. The fourth-order valence-electron chi connectivity index (χ4n) is 4.30. The van der Waals surface area contributed by atoms with Crippen LogP contribution in [0.1, 0.15) is 37.7 Å². The van der Waals surface area contributed by atoms with Gasteiger partial charge < -0.3 is 5.32 Å². The van der Waals surface area contributed by atoms with Crippen LogP contribution in [0.4, 0.5) is 5.82 Å². The van der Waals surface area contributed by atoms with Gasteiger partial charge in [0.1, 0.15) is 11.6 Å². The molecule has 27 heavy (non-hydrogen) atoms. The maximum absolute atomic E-state index is 12.8. The van der Waals surface area contributed by atoms with Crippen molar-refractivity contribution in [1.82, 2.24) is 9.78 Å². The minimum Gasteiger partial charge on any atom is -0.311 e. The number of anilines is 1. The van der Waals surface area contributed by atoms with Gasteiger partial charge in [0.15, 0.2) is 0 Å². The molecule has 0 unspecified atom stereocenters. The number of amides is 1. The number of hydrogen-bond acceptors (Lipinski definition) is 3. The molecule has 0 spiro atoms. The molecule has 2 fully saturated rings. The maximum Gasteiger partial charge on any atom is 0.228 e. The van der Waals surface area contributed by atoms with Crippen LogP contribution in [0.2, 0.25) is 10.0 Å². The minimum absolute atomic E-state index is 0.0247. The van der Waals surface area contributed by atoms with Gasteiger partial charge in [-0.3, -0.25) is 9.59 Å². The normalized spacial score (nSPS) is 24.7. The molecule has 2 saturated carbocycles. The molecular formula is C20H21Cl2N3O2. The zero-order valence-electron chi connectivity index (χ0n) is 14.8. The predicted molar refractivity (Wildman–Crippen MR) is 105 cm³/mol. The van der Waals surface area contributed by atoms with Crippen molar-refractivity contribution in [1.29, 1.82) is 0 Å². The topological polar surface area (TPSA) is 64.0 Å². The third-order valence-electron chi connectivity index (χ3n) is 5.72. The van der Waals surface area contributed by atoms with Gasteiger partial charge in [-0.1, -0.05) is 35.7 Å². The van der Waals surface area contributed by atoms with E-state index in [1.165, 1.54) is 0 Å². The Morgan fingerprint density at radius 3 is 2.63 bits per heavy atom. The van der Waals surface area contributed by atoms with Gasteiger partial charge in [-0.05, 0) is 43.4 Å². The predicted octanol–water partition coefficient (Wildman–Crippen LogP) is 4.57. The van der Waals surface area contributed by atoms with E-state index in [1.54, 1.807) is 29.1 Å². The van der Waals surface area contributed by atoms with Crippen molar-refractivity contribution in [3.8, 4) is 0 Å². The molecule has 2 bridgehead atoms. The highest BCUT2D eigenvalue weighted by molar-refractivity contribution is 6.35. The molecule has 2 atom stereocenters. The highest BCUT2D eigenvalue weighted by atomic mass is 35.5. The van der Waals surface area contributed by atoms with Gasteiger partial charge in [0.05, 0.1) is 12.7 Å². The molecule has 1 heterocycles. The lowest BCUT2D eigenvalue weighted by Gasteiger charge is -2.36. The first kappa shape index (κ1) is 18.5. The van der Waals surface area contributed by atoms with Crippen LogP contribution < -0.4 is 5.32 Å². The average Bonchev–Trinajstić information content (AvgIpc) is 3.04. The van der Waals surface area contributed by atoms with E-state index < -0.39 is 0 Å². The van der Waals surface area contributed by atoms with E-state index in [4.69, 9.17) is 23.2 Å². The van der Waals surface area contributed by atoms with Gasteiger partial charge in [-0.2, -0.15) is 5.10 Å². The van der Waals surface area contributed by atoms with Gasteiger partial charge in [-0.15, -0.1) is 0 Å². The molecular weight excluding hydrogens is 385 g/mol. The number of nitrogens with one attached hydrogen (secondary N) is 1. The minimum atomic E-state index is -0.111. The fraction of sp³-hybridized carbons (Fsp3) is 0.450. The summed E-state index contributed by atoms with van der Waals surface area (Å²) >= 11 is 12.2. The Morgan fingerprint density at radius 1 is 1.19 bits per heavy atom. The van der Waals surface area contributed by atoms with Gasteiger partial charge in [0.2, 0.25) is 5.91 Å². The first-order valence-electron chi connectivity index (χ1n) is 9.31. The smallest absolute Gasteiger partial charge is 0.228 e. The summed E-state index contributed by atoms with van der Waals surface area (Å²) < 4.78 is 1.71. The van der Waals surface area contributed by atoms with E-state index in [0.29, 0.717) is 41.0 Å². The first-order chi connectivity index (χ1) is 13.0. The number of benzene rings is 1. The van der Waals surface area contributed by atoms with E-state index in [2.05, 4.69) is 10.4 Å². The van der Waals surface area contributed by atoms with E-state index in [-0.39, 0.29) is 23.7 Å². The maximum atomic E-state index is 12.8. The summed E-state index contributed by atoms with van der Waals surface area (Å²) in [6.07, 6.45) is 5.93. The number of aromatic nitrogens is 2. The Balaban J connectivity index is 1.45. The summed E-state index contributed by atoms with van der Waals surface area (Å²) in [5.74, 6) is 0.988. The number of rotatable bonds is 4. The SMILES string of the molecule is O=C(Nc1ccnn1Cc1ccc(Cl)cc1Cl)C1C[C@@H]2CCC[C@@H](C1)C2=O. The molecule has 1 amide bonds. The molecule has 0 aliphatic heterocycles. The van der Waals surface area contributed by atoms with Gasteiger partial charge >= 0.3 is 0 Å². The lowest BCUT2D eigenvalue weighted by molar-refractivity contribution is -0.136. The summed E-state index contributed by atoms with van der Waals surface area (Å²) in [5.41, 5.74) is 0.873.